The van der Waals surface area contributed by atoms with Gasteiger partial charge < -0.3 is 10.2 Å². The molecule has 0 aliphatic carbocycles. The molecule has 3 heterocycles. The number of benzene rings is 2. The average molecular weight is 474 g/mol. The fraction of sp³-hybridized carbons (Fsp3) is 0.393. The number of amides is 1. The van der Waals surface area contributed by atoms with Crippen LogP contribution >= 0.6 is 0 Å². The number of anilines is 1. The Morgan fingerprint density at radius 2 is 1.71 bits per heavy atom. The van der Waals surface area contributed by atoms with Gasteiger partial charge in [0, 0.05) is 56.7 Å². The van der Waals surface area contributed by atoms with Gasteiger partial charge in [-0.1, -0.05) is 42.5 Å². The Morgan fingerprint density at radius 1 is 0.943 bits per heavy atom. The first-order valence-electron chi connectivity index (χ1n) is 12.5. The zero-order valence-electron chi connectivity index (χ0n) is 19.9. The van der Waals surface area contributed by atoms with E-state index in [1.54, 1.807) is 18.5 Å². The normalized spacial score (nSPS) is 19.5. The zero-order chi connectivity index (χ0) is 24.0. The predicted octanol–water partition coefficient (Wildman–Crippen LogP) is 4.28. The topological polar surface area (TPSA) is 61.4 Å². The van der Waals surface area contributed by atoms with Crippen LogP contribution < -0.4 is 10.2 Å². The van der Waals surface area contributed by atoms with Crippen molar-refractivity contribution in [3.63, 3.8) is 0 Å². The van der Waals surface area contributed by atoms with Gasteiger partial charge in [0.15, 0.2) is 0 Å². The van der Waals surface area contributed by atoms with Crippen molar-refractivity contribution in [3.8, 4) is 11.1 Å². The van der Waals surface area contributed by atoms with E-state index in [1.807, 2.05) is 12.1 Å². The minimum Gasteiger partial charge on any atom is -0.353 e. The molecule has 2 saturated heterocycles. The summed E-state index contributed by atoms with van der Waals surface area (Å²) in [6, 6.07) is 17.2. The van der Waals surface area contributed by atoms with E-state index in [1.165, 1.54) is 17.7 Å². The molecule has 0 bridgehead atoms. The molecule has 1 N–H and O–H groups in total. The molecule has 1 atom stereocenters. The summed E-state index contributed by atoms with van der Waals surface area (Å²) in [5.41, 5.74) is 2.86. The predicted molar refractivity (Wildman–Crippen MR) is 135 cm³/mol. The van der Waals surface area contributed by atoms with Gasteiger partial charge in [-0.2, -0.15) is 0 Å². The molecule has 0 unspecified atom stereocenters. The van der Waals surface area contributed by atoms with Crippen LogP contribution in [-0.4, -0.2) is 53.0 Å². The Morgan fingerprint density at radius 3 is 2.46 bits per heavy atom. The summed E-state index contributed by atoms with van der Waals surface area (Å²) < 4.78 is 13.5. The van der Waals surface area contributed by atoms with Gasteiger partial charge in [0.05, 0.1) is 5.92 Å². The van der Waals surface area contributed by atoms with E-state index in [0.29, 0.717) is 12.5 Å². The third-order valence-corrected chi connectivity index (χ3v) is 7.05. The van der Waals surface area contributed by atoms with Gasteiger partial charge in [0.25, 0.3) is 0 Å². The van der Waals surface area contributed by atoms with Gasteiger partial charge in [-0.05, 0) is 48.9 Å². The van der Waals surface area contributed by atoms with Gasteiger partial charge in [-0.3, -0.25) is 9.69 Å². The van der Waals surface area contributed by atoms with E-state index in [2.05, 4.69) is 49.4 Å². The van der Waals surface area contributed by atoms with Crippen LogP contribution in [0.5, 0.6) is 0 Å². The maximum Gasteiger partial charge on any atom is 0.225 e. The van der Waals surface area contributed by atoms with Gasteiger partial charge in [-0.25, -0.2) is 14.4 Å². The molecule has 3 aromatic rings. The fourth-order valence-corrected chi connectivity index (χ4v) is 5.07. The standard InChI is InChI=1S/C28H32FN5O/c29-25-10-4-8-22(16-25)24-17-30-28(31-18-24)34-13-5-9-23(20-34)27(35)32-26-11-14-33(15-12-26)19-21-6-2-1-3-7-21/h1-4,6-8,10,16-18,23,26H,5,9,11-15,19-20H2,(H,32,35)/t23-/m0/s1. The Kier molecular flexibility index (Phi) is 7.33. The molecule has 2 aliphatic rings. The molecule has 0 spiro atoms. The van der Waals surface area contributed by atoms with Gasteiger partial charge >= 0.3 is 0 Å². The zero-order valence-corrected chi connectivity index (χ0v) is 19.9. The number of piperidine rings is 2. The molecular weight excluding hydrogens is 441 g/mol. The van der Waals surface area contributed by atoms with E-state index < -0.39 is 0 Å². The highest BCUT2D eigenvalue weighted by atomic mass is 19.1. The van der Waals surface area contributed by atoms with Crippen molar-refractivity contribution >= 4 is 11.9 Å². The minimum atomic E-state index is -0.279. The lowest BCUT2D eigenvalue weighted by Crippen LogP contribution is -2.49. The molecule has 35 heavy (non-hydrogen) atoms. The third-order valence-electron chi connectivity index (χ3n) is 7.05. The molecule has 2 aromatic carbocycles. The van der Waals surface area contributed by atoms with Crippen LogP contribution in [0.2, 0.25) is 0 Å². The van der Waals surface area contributed by atoms with Crippen LogP contribution in [0.15, 0.2) is 67.0 Å². The largest absolute Gasteiger partial charge is 0.353 e. The number of carbonyl (C=O) groups is 1. The van der Waals surface area contributed by atoms with E-state index >= 15 is 0 Å². The second kappa shape index (κ2) is 11.0. The SMILES string of the molecule is O=C(NC1CCN(Cc2ccccc2)CC1)[C@H]1CCCN(c2ncc(-c3cccc(F)c3)cn2)C1. The molecule has 2 aliphatic heterocycles. The van der Waals surface area contributed by atoms with Crippen molar-refractivity contribution in [2.75, 3.05) is 31.1 Å². The van der Waals surface area contributed by atoms with Crippen molar-refractivity contribution in [1.82, 2.24) is 20.2 Å². The maximum atomic E-state index is 13.5. The van der Waals surface area contributed by atoms with Crippen LogP contribution in [0.25, 0.3) is 11.1 Å². The molecule has 6 nitrogen and oxygen atoms in total. The number of hydrogen-bond donors (Lipinski definition) is 1. The number of nitrogens with zero attached hydrogens (tertiary/aromatic N) is 4. The number of carbonyl (C=O) groups excluding carboxylic acids is 1. The molecule has 7 heteroatoms. The minimum absolute atomic E-state index is 0.0578. The molecule has 0 saturated carbocycles. The molecule has 0 radical (unpaired) electrons. The maximum absolute atomic E-state index is 13.5. The Labute approximate surface area is 206 Å². The van der Waals surface area contributed by atoms with Gasteiger partial charge in [0.1, 0.15) is 5.82 Å². The van der Waals surface area contributed by atoms with Crippen LogP contribution in [0.1, 0.15) is 31.2 Å². The highest BCUT2D eigenvalue weighted by Crippen LogP contribution is 2.24. The van der Waals surface area contributed by atoms with Crippen LogP contribution in [0, 0.1) is 11.7 Å². The van der Waals surface area contributed by atoms with E-state index in [-0.39, 0.29) is 23.7 Å². The fourth-order valence-electron chi connectivity index (χ4n) is 5.07. The van der Waals surface area contributed by atoms with Crippen LogP contribution in [-0.2, 0) is 11.3 Å². The van der Waals surface area contributed by atoms with Crippen molar-refractivity contribution < 1.29 is 9.18 Å². The summed E-state index contributed by atoms with van der Waals surface area (Å²) in [5.74, 6) is 0.431. The number of aromatic nitrogens is 2. The molecule has 2 fully saturated rings. The lowest BCUT2D eigenvalue weighted by molar-refractivity contribution is -0.126. The average Bonchev–Trinajstić information content (AvgIpc) is 2.90. The van der Waals surface area contributed by atoms with Crippen molar-refractivity contribution in [1.29, 1.82) is 0 Å². The molecular formula is C28H32FN5O. The highest BCUT2D eigenvalue weighted by Gasteiger charge is 2.29. The van der Waals surface area contributed by atoms with Crippen LogP contribution in [0.4, 0.5) is 10.3 Å². The number of likely N-dealkylation sites (tertiary alicyclic amines) is 1. The molecule has 5 rings (SSSR count). The second-order valence-corrected chi connectivity index (χ2v) is 9.61. The lowest BCUT2D eigenvalue weighted by Gasteiger charge is -2.35. The summed E-state index contributed by atoms with van der Waals surface area (Å²) >= 11 is 0. The summed E-state index contributed by atoms with van der Waals surface area (Å²) in [5, 5.41) is 3.31. The van der Waals surface area contributed by atoms with E-state index in [4.69, 9.17) is 0 Å². The highest BCUT2D eigenvalue weighted by molar-refractivity contribution is 5.79. The van der Waals surface area contributed by atoms with Gasteiger partial charge in [-0.15, -0.1) is 0 Å². The Bertz CT molecular complexity index is 1120. The van der Waals surface area contributed by atoms with Crippen LogP contribution in [0.3, 0.4) is 0 Å². The number of rotatable bonds is 6. The lowest BCUT2D eigenvalue weighted by atomic mass is 9.96. The van der Waals surface area contributed by atoms with E-state index in [0.717, 1.165) is 63.0 Å². The number of hydrogen-bond acceptors (Lipinski definition) is 5. The Balaban J connectivity index is 1.12. The second-order valence-electron chi connectivity index (χ2n) is 9.61. The summed E-state index contributed by atoms with van der Waals surface area (Å²) in [7, 11) is 0. The first kappa shape index (κ1) is 23.4. The summed E-state index contributed by atoms with van der Waals surface area (Å²) in [6.07, 6.45) is 7.24. The molecule has 182 valence electrons. The summed E-state index contributed by atoms with van der Waals surface area (Å²) in [6.45, 7) is 4.43. The third kappa shape index (κ3) is 6.03. The van der Waals surface area contributed by atoms with E-state index in [9.17, 15) is 9.18 Å². The first-order valence-corrected chi connectivity index (χ1v) is 12.5. The number of halogens is 1. The molecule has 1 amide bonds. The molecule has 1 aromatic heterocycles. The number of nitrogens with one attached hydrogen (secondary N) is 1. The monoisotopic (exact) mass is 473 g/mol. The quantitative estimate of drug-likeness (QED) is 0.579. The van der Waals surface area contributed by atoms with Crippen molar-refractivity contribution in [2.24, 2.45) is 5.92 Å². The van der Waals surface area contributed by atoms with Crippen molar-refractivity contribution in [3.05, 3.63) is 78.4 Å². The first-order chi connectivity index (χ1) is 17.1. The Hall–Kier alpha value is -3.32. The van der Waals surface area contributed by atoms with Crippen molar-refractivity contribution in [2.45, 2.75) is 38.3 Å². The van der Waals surface area contributed by atoms with Gasteiger partial charge in [0.2, 0.25) is 11.9 Å². The summed E-state index contributed by atoms with van der Waals surface area (Å²) in [4.78, 5) is 26.6. The smallest absolute Gasteiger partial charge is 0.225 e.